The van der Waals surface area contributed by atoms with Gasteiger partial charge in [-0.1, -0.05) is 13.8 Å². The molecule has 0 radical (unpaired) electrons. The Morgan fingerprint density at radius 2 is 2.15 bits per heavy atom. The number of carbonyl (C=O) groups excluding carboxylic acids is 1. The van der Waals surface area contributed by atoms with E-state index in [1.54, 1.807) is 6.21 Å². The molecular weight excluding hydrogens is 161 g/mol. The van der Waals surface area contributed by atoms with Gasteiger partial charge in [-0.25, -0.2) is 0 Å². The maximum absolute atomic E-state index is 11.6. The summed E-state index contributed by atoms with van der Waals surface area (Å²) in [6.45, 7) is 7.98. The Hall–Kier alpha value is -0.855. The predicted octanol–water partition coefficient (Wildman–Crippen LogP) is 1.92. The number of nitrogens with zero attached hydrogens (tertiary/aromatic N) is 1. The van der Waals surface area contributed by atoms with E-state index in [1.165, 1.54) is 0 Å². The number of carbonyl (C=O) groups is 1. The van der Waals surface area contributed by atoms with E-state index in [2.05, 4.69) is 18.8 Å². The molecule has 0 aromatic heterocycles. The molecule has 0 atom stereocenters. The average Bonchev–Trinajstić information content (AvgIpc) is 1.99. The lowest BCUT2D eigenvalue weighted by Crippen LogP contribution is -2.28. The molecule has 13 heavy (non-hydrogen) atoms. The Labute approximate surface area is 80.4 Å². The van der Waals surface area contributed by atoms with Crippen molar-refractivity contribution in [2.24, 2.45) is 4.99 Å². The topological polar surface area (TPSA) is 29.4 Å². The van der Waals surface area contributed by atoms with Gasteiger partial charge in [0, 0.05) is 17.5 Å². The maximum Gasteiger partial charge on any atom is 0.217 e. The van der Waals surface area contributed by atoms with E-state index in [9.17, 15) is 4.79 Å². The van der Waals surface area contributed by atoms with Crippen LogP contribution in [0.25, 0.3) is 0 Å². The standard InChI is InChI=1S/C10H16BNO/c1-5-12-8-6-10(3,4)11-9(13)7(8)2/h5,11H,6H2,1-4H3/b12-5-. The van der Waals surface area contributed by atoms with Gasteiger partial charge in [-0.15, -0.1) is 0 Å². The van der Waals surface area contributed by atoms with Gasteiger partial charge < -0.3 is 4.79 Å². The molecule has 0 unspecified atom stereocenters. The number of aliphatic imine (C=N–C) groups is 1. The number of allylic oxidation sites excluding steroid dienone is 2. The number of hydrogen-bond acceptors (Lipinski definition) is 2. The van der Waals surface area contributed by atoms with E-state index in [4.69, 9.17) is 0 Å². The number of hydrogen-bond donors (Lipinski definition) is 0. The van der Waals surface area contributed by atoms with Crippen molar-refractivity contribution in [3.63, 3.8) is 0 Å². The molecule has 70 valence electrons. The van der Waals surface area contributed by atoms with Crippen LogP contribution in [-0.4, -0.2) is 19.2 Å². The summed E-state index contributed by atoms with van der Waals surface area (Å²) in [5.41, 5.74) is 2.05. The monoisotopic (exact) mass is 177 g/mol. The molecule has 1 aliphatic heterocycles. The highest BCUT2D eigenvalue weighted by atomic mass is 16.1. The van der Waals surface area contributed by atoms with Crippen LogP contribution in [-0.2, 0) is 4.79 Å². The summed E-state index contributed by atoms with van der Waals surface area (Å²) < 4.78 is 0. The molecule has 2 nitrogen and oxygen atoms in total. The molecule has 0 saturated carbocycles. The van der Waals surface area contributed by atoms with Crippen molar-refractivity contribution in [3.05, 3.63) is 11.3 Å². The Morgan fingerprint density at radius 3 is 2.69 bits per heavy atom. The highest BCUT2D eigenvalue weighted by Crippen LogP contribution is 2.37. The third-order valence-electron chi connectivity index (χ3n) is 2.42. The van der Waals surface area contributed by atoms with Crippen molar-refractivity contribution in [1.29, 1.82) is 0 Å². The quantitative estimate of drug-likeness (QED) is 0.444. The van der Waals surface area contributed by atoms with Gasteiger partial charge in [0.25, 0.3) is 0 Å². The van der Waals surface area contributed by atoms with Gasteiger partial charge in [0.1, 0.15) is 5.68 Å². The molecule has 0 aromatic carbocycles. The van der Waals surface area contributed by atoms with Crippen LogP contribution in [0.1, 0.15) is 34.1 Å². The van der Waals surface area contributed by atoms with Gasteiger partial charge in [0.15, 0.2) is 0 Å². The number of rotatable bonds is 1. The van der Waals surface area contributed by atoms with E-state index < -0.39 is 0 Å². The first-order valence-electron chi connectivity index (χ1n) is 4.68. The summed E-state index contributed by atoms with van der Waals surface area (Å²) in [5, 5.41) is 0.0818. The Kier molecular flexibility index (Phi) is 2.74. The third kappa shape index (κ3) is 2.30. The van der Waals surface area contributed by atoms with Crippen molar-refractivity contribution in [1.82, 2.24) is 0 Å². The summed E-state index contributed by atoms with van der Waals surface area (Å²) in [5.74, 6) is 0. The lowest BCUT2D eigenvalue weighted by atomic mass is 9.46. The molecule has 1 heterocycles. The summed E-state index contributed by atoms with van der Waals surface area (Å²) in [6.07, 6.45) is 2.67. The van der Waals surface area contributed by atoms with Gasteiger partial charge in [0.05, 0.1) is 0 Å². The van der Waals surface area contributed by atoms with Crippen LogP contribution in [0.4, 0.5) is 0 Å². The van der Waals surface area contributed by atoms with E-state index in [1.807, 2.05) is 13.8 Å². The summed E-state index contributed by atoms with van der Waals surface area (Å²) >= 11 is 0. The molecule has 1 rings (SSSR count). The largest absolute Gasteiger partial charge is 0.307 e. The SMILES string of the molecule is C/C=N\C1=C(C)C(=O)BC(C)(C)C1. The second-order valence-corrected chi connectivity index (χ2v) is 4.40. The summed E-state index contributed by atoms with van der Waals surface area (Å²) in [6, 6.07) is 0. The minimum absolute atomic E-state index is 0.0818. The molecule has 0 amide bonds. The van der Waals surface area contributed by atoms with Crippen molar-refractivity contribution < 1.29 is 4.79 Å². The van der Waals surface area contributed by atoms with Crippen LogP contribution < -0.4 is 0 Å². The van der Waals surface area contributed by atoms with Crippen LogP contribution in [0.15, 0.2) is 16.3 Å². The lowest BCUT2D eigenvalue weighted by molar-refractivity contribution is -0.109. The van der Waals surface area contributed by atoms with E-state index in [-0.39, 0.29) is 11.0 Å². The highest BCUT2D eigenvalue weighted by Gasteiger charge is 2.32. The summed E-state index contributed by atoms with van der Waals surface area (Å²) in [7, 11) is 0.654. The first-order valence-corrected chi connectivity index (χ1v) is 4.68. The van der Waals surface area contributed by atoms with Gasteiger partial charge in [-0.05, 0) is 25.6 Å². The van der Waals surface area contributed by atoms with Gasteiger partial charge in [0.2, 0.25) is 7.28 Å². The Balaban J connectivity index is 3.02. The second-order valence-electron chi connectivity index (χ2n) is 4.40. The van der Waals surface area contributed by atoms with Crippen LogP contribution in [0.2, 0.25) is 5.31 Å². The van der Waals surface area contributed by atoms with Crippen LogP contribution in [0, 0.1) is 0 Å². The molecule has 3 heteroatoms. The Morgan fingerprint density at radius 1 is 1.54 bits per heavy atom. The highest BCUT2D eigenvalue weighted by molar-refractivity contribution is 6.79. The first-order chi connectivity index (χ1) is 5.96. The molecule has 0 fully saturated rings. The predicted molar refractivity (Wildman–Crippen MR) is 57.7 cm³/mol. The Bertz CT molecular complexity index is 289. The van der Waals surface area contributed by atoms with Gasteiger partial charge >= 0.3 is 0 Å². The fraction of sp³-hybridized carbons (Fsp3) is 0.600. The maximum atomic E-state index is 11.6. The second kappa shape index (κ2) is 3.48. The minimum atomic E-state index is 0.0818. The van der Waals surface area contributed by atoms with Gasteiger partial charge in [-0.3, -0.25) is 4.99 Å². The smallest absolute Gasteiger partial charge is 0.217 e. The zero-order valence-corrected chi connectivity index (χ0v) is 8.85. The molecule has 0 saturated heterocycles. The average molecular weight is 177 g/mol. The molecule has 0 N–H and O–H groups in total. The zero-order chi connectivity index (χ0) is 10.1. The summed E-state index contributed by atoms with van der Waals surface area (Å²) in [4.78, 5) is 15.8. The van der Waals surface area contributed by atoms with Gasteiger partial charge in [-0.2, -0.15) is 0 Å². The van der Waals surface area contributed by atoms with Crippen molar-refractivity contribution in [3.8, 4) is 0 Å². The molecule has 0 spiro atoms. The van der Waals surface area contributed by atoms with Crippen molar-refractivity contribution >= 4 is 19.2 Å². The zero-order valence-electron chi connectivity index (χ0n) is 8.85. The molecular formula is C10H16BNO. The molecule has 1 aliphatic rings. The van der Waals surface area contributed by atoms with E-state index in [0.717, 1.165) is 17.7 Å². The van der Waals surface area contributed by atoms with Crippen LogP contribution in [0.3, 0.4) is 0 Å². The van der Waals surface area contributed by atoms with Crippen molar-refractivity contribution in [2.45, 2.75) is 39.4 Å². The molecule has 0 bridgehead atoms. The van der Waals surface area contributed by atoms with E-state index >= 15 is 0 Å². The lowest BCUT2D eigenvalue weighted by Gasteiger charge is -2.28. The normalized spacial score (nSPS) is 22.3. The third-order valence-corrected chi connectivity index (χ3v) is 2.42. The van der Waals surface area contributed by atoms with Crippen LogP contribution in [0.5, 0.6) is 0 Å². The van der Waals surface area contributed by atoms with Crippen molar-refractivity contribution in [2.75, 3.05) is 0 Å². The minimum Gasteiger partial charge on any atom is -0.307 e. The fourth-order valence-corrected chi connectivity index (χ4v) is 1.67. The molecule has 0 aromatic rings. The fourth-order valence-electron chi connectivity index (χ4n) is 1.67. The van der Waals surface area contributed by atoms with Crippen LogP contribution >= 0.6 is 0 Å². The van der Waals surface area contributed by atoms with E-state index in [0.29, 0.717) is 7.28 Å². The molecule has 0 aliphatic carbocycles. The first kappa shape index (κ1) is 10.2.